The van der Waals surface area contributed by atoms with Gasteiger partial charge in [-0.1, -0.05) is 65.7 Å². The molecule has 2 aromatic carbocycles. The van der Waals surface area contributed by atoms with Crippen LogP contribution in [0.2, 0.25) is 10.2 Å². The van der Waals surface area contributed by atoms with Crippen LogP contribution in [0.15, 0.2) is 66.7 Å². The number of anilines is 1. The van der Waals surface area contributed by atoms with Gasteiger partial charge in [0.05, 0.1) is 11.1 Å². The molecule has 0 aliphatic carbocycles. The number of rotatable bonds is 6. The first kappa shape index (κ1) is 21.8. The quantitative estimate of drug-likeness (QED) is 0.495. The number of benzene rings is 2. The number of carbonyl (C=O) groups excluding carboxylic acids is 2. The van der Waals surface area contributed by atoms with Crippen LogP contribution in [0, 0.1) is 0 Å². The van der Waals surface area contributed by atoms with Crippen molar-refractivity contribution < 1.29 is 9.59 Å². The summed E-state index contributed by atoms with van der Waals surface area (Å²) < 4.78 is 0. The molecule has 0 saturated carbocycles. The minimum absolute atomic E-state index is 0.102. The second-order valence-electron chi connectivity index (χ2n) is 6.87. The summed E-state index contributed by atoms with van der Waals surface area (Å²) >= 11 is 12.3. The van der Waals surface area contributed by atoms with Crippen molar-refractivity contribution in [2.45, 2.75) is 26.4 Å². The highest BCUT2D eigenvalue weighted by molar-refractivity contribution is 6.34. The summed E-state index contributed by atoms with van der Waals surface area (Å²) in [5, 5.41) is 3.21. The maximum Gasteiger partial charge on any atom is 0.274 e. The molecule has 1 N–H and O–H groups in total. The molecule has 1 atom stereocenters. The first-order valence-electron chi connectivity index (χ1n) is 9.39. The van der Waals surface area contributed by atoms with E-state index < -0.39 is 0 Å². The Morgan fingerprint density at radius 1 is 1.03 bits per heavy atom. The molecule has 3 rings (SSSR count). The number of pyridine rings is 1. The van der Waals surface area contributed by atoms with Crippen LogP contribution in [-0.4, -0.2) is 21.7 Å². The van der Waals surface area contributed by atoms with Crippen LogP contribution in [-0.2, 0) is 11.3 Å². The van der Waals surface area contributed by atoms with Crippen molar-refractivity contribution in [1.29, 1.82) is 0 Å². The molecular formula is C23H21Cl2N3O2. The van der Waals surface area contributed by atoms with Crippen LogP contribution in [0.4, 0.5) is 5.69 Å². The van der Waals surface area contributed by atoms with Crippen LogP contribution < -0.4 is 5.32 Å². The summed E-state index contributed by atoms with van der Waals surface area (Å²) in [6.07, 6.45) is 0. The van der Waals surface area contributed by atoms with Crippen molar-refractivity contribution in [3.63, 3.8) is 0 Å². The zero-order valence-electron chi connectivity index (χ0n) is 16.6. The lowest BCUT2D eigenvalue weighted by Crippen LogP contribution is -2.34. The van der Waals surface area contributed by atoms with Gasteiger partial charge in [-0.3, -0.25) is 9.59 Å². The van der Waals surface area contributed by atoms with Gasteiger partial charge in [-0.15, -0.1) is 0 Å². The Hall–Kier alpha value is -2.89. The van der Waals surface area contributed by atoms with Crippen molar-refractivity contribution in [2.75, 3.05) is 5.32 Å². The summed E-state index contributed by atoms with van der Waals surface area (Å²) in [4.78, 5) is 30.7. The third-order valence-corrected chi connectivity index (χ3v) is 5.14. The Morgan fingerprint density at radius 2 is 1.77 bits per heavy atom. The molecule has 0 radical (unpaired) electrons. The number of amides is 2. The van der Waals surface area contributed by atoms with E-state index in [4.69, 9.17) is 23.2 Å². The number of hydrogen-bond donors (Lipinski definition) is 1. The van der Waals surface area contributed by atoms with Gasteiger partial charge in [-0.25, -0.2) is 4.98 Å². The molecule has 2 amide bonds. The van der Waals surface area contributed by atoms with Crippen molar-refractivity contribution in [3.05, 3.63) is 93.7 Å². The SMILES string of the molecule is CC(=O)Nc1cccc(C(C)N(Cc2ccccc2)C(=O)c2nc(Cl)ccc2Cl)c1. The lowest BCUT2D eigenvalue weighted by Gasteiger charge is -2.30. The van der Waals surface area contributed by atoms with Crippen LogP contribution in [0.5, 0.6) is 0 Å². The normalized spacial score (nSPS) is 11.6. The van der Waals surface area contributed by atoms with E-state index in [1.807, 2.05) is 55.5 Å². The summed E-state index contributed by atoms with van der Waals surface area (Å²) in [5.74, 6) is -0.490. The van der Waals surface area contributed by atoms with E-state index in [1.54, 1.807) is 23.1 Å². The molecule has 1 heterocycles. The van der Waals surface area contributed by atoms with Crippen molar-refractivity contribution in [1.82, 2.24) is 9.88 Å². The molecule has 1 unspecified atom stereocenters. The highest BCUT2D eigenvalue weighted by Crippen LogP contribution is 2.28. The molecule has 0 aliphatic heterocycles. The van der Waals surface area contributed by atoms with Gasteiger partial charge in [-0.05, 0) is 42.3 Å². The third kappa shape index (κ3) is 5.38. The number of aromatic nitrogens is 1. The van der Waals surface area contributed by atoms with E-state index in [1.165, 1.54) is 6.92 Å². The number of carbonyl (C=O) groups is 2. The Labute approximate surface area is 185 Å². The maximum absolute atomic E-state index is 13.5. The van der Waals surface area contributed by atoms with Crippen molar-refractivity contribution in [3.8, 4) is 0 Å². The smallest absolute Gasteiger partial charge is 0.274 e. The highest BCUT2D eigenvalue weighted by Gasteiger charge is 2.26. The Morgan fingerprint density at radius 3 is 2.47 bits per heavy atom. The zero-order chi connectivity index (χ0) is 21.7. The van der Waals surface area contributed by atoms with Gasteiger partial charge in [0.2, 0.25) is 5.91 Å². The predicted molar refractivity (Wildman–Crippen MR) is 120 cm³/mol. The summed E-state index contributed by atoms with van der Waals surface area (Å²) in [6, 6.07) is 19.9. The van der Waals surface area contributed by atoms with Gasteiger partial charge in [0.1, 0.15) is 10.8 Å². The lowest BCUT2D eigenvalue weighted by atomic mass is 10.0. The van der Waals surface area contributed by atoms with Gasteiger partial charge in [-0.2, -0.15) is 0 Å². The van der Waals surface area contributed by atoms with Crippen molar-refractivity contribution in [2.24, 2.45) is 0 Å². The fraction of sp³-hybridized carbons (Fsp3) is 0.174. The Bertz CT molecular complexity index is 1060. The fourth-order valence-electron chi connectivity index (χ4n) is 3.13. The molecule has 1 aromatic heterocycles. The second kappa shape index (κ2) is 9.74. The molecule has 0 fully saturated rings. The molecule has 7 heteroatoms. The molecule has 30 heavy (non-hydrogen) atoms. The minimum atomic E-state index is -0.330. The molecule has 5 nitrogen and oxygen atoms in total. The largest absolute Gasteiger partial charge is 0.326 e. The Kier molecular flexibility index (Phi) is 7.08. The molecule has 0 spiro atoms. The molecular weight excluding hydrogens is 421 g/mol. The van der Waals surface area contributed by atoms with Gasteiger partial charge in [0, 0.05) is 19.2 Å². The number of nitrogens with one attached hydrogen (secondary N) is 1. The Balaban J connectivity index is 1.99. The van der Waals surface area contributed by atoms with E-state index in [-0.39, 0.29) is 33.7 Å². The monoisotopic (exact) mass is 441 g/mol. The first-order valence-corrected chi connectivity index (χ1v) is 10.1. The van der Waals surface area contributed by atoms with Gasteiger partial charge in [0.15, 0.2) is 0 Å². The lowest BCUT2D eigenvalue weighted by molar-refractivity contribution is -0.114. The molecule has 154 valence electrons. The molecule has 0 saturated heterocycles. The standard InChI is InChI=1S/C23H21Cl2N3O2/c1-15(18-9-6-10-19(13-18)26-16(2)29)28(14-17-7-4-3-5-8-17)23(30)22-20(24)11-12-21(25)27-22/h3-13,15H,14H2,1-2H3,(H,26,29). The fourth-order valence-corrected chi connectivity index (χ4v) is 3.46. The number of nitrogens with zero attached hydrogens (tertiary/aromatic N) is 2. The topological polar surface area (TPSA) is 62.3 Å². The van der Waals surface area contributed by atoms with Crippen LogP contribution >= 0.6 is 23.2 Å². The van der Waals surface area contributed by atoms with E-state index in [0.717, 1.165) is 11.1 Å². The number of halogens is 2. The summed E-state index contributed by atoms with van der Waals surface area (Å²) in [6.45, 7) is 3.73. The average molecular weight is 442 g/mol. The van der Waals surface area contributed by atoms with Crippen LogP contribution in [0.25, 0.3) is 0 Å². The minimum Gasteiger partial charge on any atom is -0.326 e. The van der Waals surface area contributed by atoms with Crippen LogP contribution in [0.3, 0.4) is 0 Å². The molecule has 3 aromatic rings. The van der Waals surface area contributed by atoms with Gasteiger partial charge >= 0.3 is 0 Å². The molecule has 0 bridgehead atoms. The predicted octanol–water partition coefficient (Wildman–Crippen LogP) is 5.75. The number of hydrogen-bond acceptors (Lipinski definition) is 3. The third-order valence-electron chi connectivity index (χ3n) is 4.63. The summed E-state index contributed by atoms with van der Waals surface area (Å²) in [5.41, 5.74) is 2.60. The molecule has 0 aliphatic rings. The van der Waals surface area contributed by atoms with Crippen molar-refractivity contribution >= 4 is 40.7 Å². The van der Waals surface area contributed by atoms with Crippen LogP contribution in [0.1, 0.15) is 41.5 Å². The zero-order valence-corrected chi connectivity index (χ0v) is 18.1. The highest BCUT2D eigenvalue weighted by atomic mass is 35.5. The maximum atomic E-state index is 13.5. The van der Waals surface area contributed by atoms with Gasteiger partial charge in [0.25, 0.3) is 5.91 Å². The average Bonchev–Trinajstić information content (AvgIpc) is 2.73. The van der Waals surface area contributed by atoms with E-state index >= 15 is 0 Å². The van der Waals surface area contributed by atoms with E-state index in [9.17, 15) is 9.59 Å². The van der Waals surface area contributed by atoms with E-state index in [0.29, 0.717) is 12.2 Å². The van der Waals surface area contributed by atoms with E-state index in [2.05, 4.69) is 10.3 Å². The summed E-state index contributed by atoms with van der Waals surface area (Å²) in [7, 11) is 0. The first-order chi connectivity index (χ1) is 14.3. The second-order valence-corrected chi connectivity index (χ2v) is 7.66. The van der Waals surface area contributed by atoms with Gasteiger partial charge < -0.3 is 10.2 Å².